The van der Waals surface area contributed by atoms with Crippen LogP contribution in [-0.4, -0.2) is 16.6 Å². The number of oxime groups is 1. The van der Waals surface area contributed by atoms with Gasteiger partial charge in [0.15, 0.2) is 0 Å². The van der Waals surface area contributed by atoms with Crippen molar-refractivity contribution in [3.63, 3.8) is 0 Å². The molecule has 0 saturated heterocycles. The third-order valence-electron chi connectivity index (χ3n) is 5.07. The molecule has 0 aliphatic rings. The Hall–Kier alpha value is -4.39. The maximum absolute atomic E-state index is 11.4. The highest BCUT2D eigenvalue weighted by atomic mass is 16.6. The van der Waals surface area contributed by atoms with Crippen LogP contribution >= 0.6 is 0 Å². The molecule has 0 radical (unpaired) electrons. The minimum Gasteiger partial charge on any atom is -0.487 e. The minimum absolute atomic E-state index is 0.00421. The maximum atomic E-state index is 11.4. The Bertz CT molecular complexity index is 1250. The number of nitrogens with two attached hydrogens (primary N) is 1. The highest BCUT2D eigenvalue weighted by Crippen LogP contribution is 2.23. The number of primary amides is 1. The molecule has 0 aliphatic heterocycles. The summed E-state index contributed by atoms with van der Waals surface area (Å²) in [5.74, 6) is 1.54. The molecular weight excluding hydrogens is 430 g/mol. The molecule has 0 atom stereocenters. The zero-order chi connectivity index (χ0) is 23.8. The van der Waals surface area contributed by atoms with Gasteiger partial charge in [-0.1, -0.05) is 65.8 Å². The van der Waals surface area contributed by atoms with Gasteiger partial charge in [0.05, 0.1) is 12.1 Å². The number of ether oxygens (including phenoxy) is 1. The molecule has 7 heteroatoms. The van der Waals surface area contributed by atoms with Crippen molar-refractivity contribution in [2.75, 3.05) is 0 Å². The molecule has 4 rings (SSSR count). The van der Waals surface area contributed by atoms with Gasteiger partial charge in [-0.2, -0.15) is 0 Å². The van der Waals surface area contributed by atoms with Crippen LogP contribution in [0.4, 0.5) is 0 Å². The summed E-state index contributed by atoms with van der Waals surface area (Å²) in [6, 6.07) is 26.6. The van der Waals surface area contributed by atoms with Crippen LogP contribution in [0.2, 0.25) is 0 Å². The maximum Gasteiger partial charge on any atom is 0.226 e. The predicted molar refractivity (Wildman–Crippen MR) is 129 cm³/mol. The molecule has 1 heterocycles. The van der Waals surface area contributed by atoms with E-state index in [0.29, 0.717) is 24.0 Å². The third-order valence-corrected chi connectivity index (χ3v) is 5.07. The average molecular weight is 456 g/mol. The number of aromatic nitrogens is 1. The van der Waals surface area contributed by atoms with Gasteiger partial charge < -0.3 is 19.7 Å². The van der Waals surface area contributed by atoms with E-state index in [1.807, 2.05) is 91.9 Å². The molecular formula is C27H25N3O4. The van der Waals surface area contributed by atoms with Crippen LogP contribution in [-0.2, 0) is 22.8 Å². The van der Waals surface area contributed by atoms with Gasteiger partial charge in [0, 0.05) is 5.56 Å². The van der Waals surface area contributed by atoms with Crippen LogP contribution < -0.4 is 10.5 Å². The summed E-state index contributed by atoms with van der Waals surface area (Å²) >= 11 is 0. The van der Waals surface area contributed by atoms with E-state index in [9.17, 15) is 4.79 Å². The topological polar surface area (TPSA) is 99.9 Å². The molecule has 0 aliphatic carbocycles. The summed E-state index contributed by atoms with van der Waals surface area (Å²) in [5.41, 5.74) is 9.22. The first-order chi connectivity index (χ1) is 16.6. The summed E-state index contributed by atoms with van der Waals surface area (Å²) in [6.45, 7) is 2.43. The quantitative estimate of drug-likeness (QED) is 0.267. The number of benzene rings is 3. The second-order valence-electron chi connectivity index (χ2n) is 7.64. The smallest absolute Gasteiger partial charge is 0.226 e. The molecule has 4 aromatic rings. The number of hydrogen-bond donors (Lipinski definition) is 1. The summed E-state index contributed by atoms with van der Waals surface area (Å²) in [6.07, 6.45) is 0.00421. The number of amides is 1. The molecule has 34 heavy (non-hydrogen) atoms. The SMILES string of the molecule is Cc1oc(-c2ccccc2)nc1COc1ccc(CON=C(CC(N)=O)c2ccccc2)cc1. The Morgan fingerprint density at radius 3 is 2.29 bits per heavy atom. The standard InChI is InChI=1S/C27H25N3O4/c1-19-25(29-27(34-19)22-10-6-3-7-11-22)18-32-23-14-12-20(13-15-23)17-33-30-24(16-26(28)31)21-8-4-2-5-9-21/h2-15H,16-18H2,1H3,(H2,28,31). The van der Waals surface area contributed by atoms with E-state index >= 15 is 0 Å². The lowest BCUT2D eigenvalue weighted by Crippen LogP contribution is -2.17. The largest absolute Gasteiger partial charge is 0.487 e. The fourth-order valence-corrected chi connectivity index (χ4v) is 3.27. The van der Waals surface area contributed by atoms with Gasteiger partial charge in [0.1, 0.15) is 30.4 Å². The summed E-state index contributed by atoms with van der Waals surface area (Å²) in [5, 5.41) is 4.13. The summed E-state index contributed by atoms with van der Waals surface area (Å²) in [4.78, 5) is 21.4. The Balaban J connectivity index is 1.33. The highest BCUT2D eigenvalue weighted by Gasteiger charge is 2.12. The van der Waals surface area contributed by atoms with E-state index in [1.54, 1.807) is 0 Å². The first kappa shape index (κ1) is 22.8. The van der Waals surface area contributed by atoms with E-state index in [4.69, 9.17) is 19.7 Å². The molecule has 3 aromatic carbocycles. The number of nitrogens with zero attached hydrogens (tertiary/aromatic N) is 2. The lowest BCUT2D eigenvalue weighted by molar-refractivity contribution is -0.116. The monoisotopic (exact) mass is 455 g/mol. The van der Waals surface area contributed by atoms with Crippen molar-refractivity contribution in [3.8, 4) is 17.2 Å². The van der Waals surface area contributed by atoms with Gasteiger partial charge in [-0.05, 0) is 42.3 Å². The Morgan fingerprint density at radius 1 is 0.941 bits per heavy atom. The number of carbonyl (C=O) groups is 1. The van der Waals surface area contributed by atoms with Crippen LogP contribution in [0.25, 0.3) is 11.5 Å². The second-order valence-corrected chi connectivity index (χ2v) is 7.64. The van der Waals surface area contributed by atoms with E-state index in [1.165, 1.54) is 0 Å². The van der Waals surface area contributed by atoms with Crippen molar-refractivity contribution in [2.24, 2.45) is 10.9 Å². The fourth-order valence-electron chi connectivity index (χ4n) is 3.27. The molecule has 0 bridgehead atoms. The van der Waals surface area contributed by atoms with Gasteiger partial charge in [0.25, 0.3) is 0 Å². The van der Waals surface area contributed by atoms with Gasteiger partial charge in [-0.3, -0.25) is 4.79 Å². The van der Waals surface area contributed by atoms with Gasteiger partial charge >= 0.3 is 0 Å². The number of rotatable bonds is 10. The summed E-state index contributed by atoms with van der Waals surface area (Å²) < 4.78 is 11.7. The predicted octanol–water partition coefficient (Wildman–Crippen LogP) is 5.03. The lowest BCUT2D eigenvalue weighted by Gasteiger charge is -2.07. The van der Waals surface area contributed by atoms with Crippen LogP contribution in [0, 0.1) is 6.92 Å². The van der Waals surface area contributed by atoms with Crippen molar-refractivity contribution < 1.29 is 18.8 Å². The van der Waals surface area contributed by atoms with Crippen LogP contribution in [0.3, 0.4) is 0 Å². The number of aryl methyl sites for hydroxylation is 1. The van der Waals surface area contributed by atoms with Crippen LogP contribution in [0.5, 0.6) is 5.75 Å². The van der Waals surface area contributed by atoms with E-state index in [2.05, 4.69) is 10.1 Å². The third kappa shape index (κ3) is 6.10. The number of oxazole rings is 1. The van der Waals surface area contributed by atoms with E-state index in [-0.39, 0.29) is 13.0 Å². The van der Waals surface area contributed by atoms with Crippen LogP contribution in [0.1, 0.15) is 29.0 Å². The number of hydrogen-bond acceptors (Lipinski definition) is 6. The zero-order valence-corrected chi connectivity index (χ0v) is 18.8. The highest BCUT2D eigenvalue weighted by molar-refractivity contribution is 6.09. The molecule has 172 valence electrons. The minimum atomic E-state index is -0.467. The van der Waals surface area contributed by atoms with Gasteiger partial charge in [-0.15, -0.1) is 0 Å². The zero-order valence-electron chi connectivity index (χ0n) is 18.8. The van der Waals surface area contributed by atoms with Crippen molar-refractivity contribution in [3.05, 3.63) is 108 Å². The molecule has 1 aromatic heterocycles. The van der Waals surface area contributed by atoms with E-state index < -0.39 is 5.91 Å². The van der Waals surface area contributed by atoms with Crippen molar-refractivity contribution in [1.29, 1.82) is 0 Å². The Morgan fingerprint density at radius 2 is 1.62 bits per heavy atom. The lowest BCUT2D eigenvalue weighted by atomic mass is 10.1. The van der Waals surface area contributed by atoms with Crippen molar-refractivity contribution in [1.82, 2.24) is 4.98 Å². The van der Waals surface area contributed by atoms with Crippen molar-refractivity contribution in [2.45, 2.75) is 26.6 Å². The van der Waals surface area contributed by atoms with Crippen LogP contribution in [0.15, 0.2) is 94.5 Å². The molecule has 0 saturated carbocycles. The summed E-state index contributed by atoms with van der Waals surface area (Å²) in [7, 11) is 0. The van der Waals surface area contributed by atoms with Gasteiger partial charge in [-0.25, -0.2) is 4.98 Å². The molecule has 7 nitrogen and oxygen atoms in total. The molecule has 0 spiro atoms. The first-order valence-electron chi connectivity index (χ1n) is 10.8. The number of carbonyl (C=O) groups excluding carboxylic acids is 1. The average Bonchev–Trinajstić information content (AvgIpc) is 3.24. The molecule has 2 N–H and O–H groups in total. The Kier molecular flexibility index (Phi) is 7.35. The van der Waals surface area contributed by atoms with E-state index in [0.717, 1.165) is 28.1 Å². The molecule has 0 fully saturated rings. The fraction of sp³-hybridized carbons (Fsp3) is 0.148. The first-order valence-corrected chi connectivity index (χ1v) is 10.8. The normalized spacial score (nSPS) is 11.3. The van der Waals surface area contributed by atoms with Crippen molar-refractivity contribution >= 4 is 11.6 Å². The molecule has 0 unspecified atom stereocenters. The molecule has 1 amide bonds. The van der Waals surface area contributed by atoms with Gasteiger partial charge in [0.2, 0.25) is 11.8 Å². The Labute approximate surface area is 197 Å². The second kappa shape index (κ2) is 11.0.